The van der Waals surface area contributed by atoms with Crippen LogP contribution in [0.5, 0.6) is 0 Å². The topological polar surface area (TPSA) is 35.2 Å². The lowest BCUT2D eigenvalue weighted by Crippen LogP contribution is -2.24. The van der Waals surface area contributed by atoms with E-state index in [2.05, 4.69) is 6.92 Å². The lowest BCUT2D eigenvalue weighted by Gasteiger charge is -2.19. The van der Waals surface area contributed by atoms with E-state index in [4.69, 9.17) is 10.5 Å². The maximum atomic E-state index is 6.20. The molecule has 0 fully saturated rings. The summed E-state index contributed by atoms with van der Waals surface area (Å²) in [6.45, 7) is 3.14. The number of hydrogen-bond acceptors (Lipinski definition) is 2. The van der Waals surface area contributed by atoms with Gasteiger partial charge in [0.05, 0.1) is 12.9 Å². The number of unbranched alkanes of at least 4 members (excludes halogenated alkanes) is 8. The van der Waals surface area contributed by atoms with Crippen molar-refractivity contribution in [3.63, 3.8) is 0 Å². The first kappa shape index (κ1) is 16.6. The molecule has 1 atom stereocenters. The van der Waals surface area contributed by atoms with Crippen LogP contribution in [0.2, 0.25) is 0 Å². The highest BCUT2D eigenvalue weighted by molar-refractivity contribution is 5.08. The average Bonchev–Trinajstić information content (AvgIpc) is 2.46. The number of hydrogen-bond donors (Lipinski definition) is 1. The predicted molar refractivity (Wildman–Crippen MR) is 83.1 cm³/mol. The zero-order chi connectivity index (χ0) is 13.8. The Balaban J connectivity index is 1.88. The molecule has 2 nitrogen and oxygen atoms in total. The molecule has 0 saturated carbocycles. The van der Waals surface area contributed by atoms with Crippen LogP contribution >= 0.6 is 0 Å². The van der Waals surface area contributed by atoms with Gasteiger partial charge in [-0.3, -0.25) is 0 Å². The second-order valence-electron chi connectivity index (χ2n) is 5.89. The van der Waals surface area contributed by atoms with Crippen LogP contribution in [0.3, 0.4) is 0 Å². The molecule has 19 heavy (non-hydrogen) atoms. The summed E-state index contributed by atoms with van der Waals surface area (Å²) in [4.78, 5) is 0. The van der Waals surface area contributed by atoms with E-state index in [1.54, 1.807) is 0 Å². The van der Waals surface area contributed by atoms with Gasteiger partial charge < -0.3 is 10.5 Å². The van der Waals surface area contributed by atoms with E-state index < -0.39 is 0 Å². The number of rotatable bonds is 11. The number of nitrogens with two attached hydrogens (primary N) is 1. The van der Waals surface area contributed by atoms with Crippen LogP contribution < -0.4 is 5.73 Å². The van der Waals surface area contributed by atoms with Crippen LogP contribution in [-0.4, -0.2) is 12.6 Å². The summed E-state index contributed by atoms with van der Waals surface area (Å²) in [7, 11) is 0. The lowest BCUT2D eigenvalue weighted by atomic mass is 9.97. The van der Waals surface area contributed by atoms with Crippen molar-refractivity contribution in [2.75, 3.05) is 6.61 Å². The molecule has 2 heteroatoms. The average molecular weight is 267 g/mol. The predicted octanol–water partition coefficient (Wildman–Crippen LogP) is 4.93. The van der Waals surface area contributed by atoms with E-state index >= 15 is 0 Å². The van der Waals surface area contributed by atoms with Gasteiger partial charge in [-0.2, -0.15) is 0 Å². The second kappa shape index (κ2) is 11.3. The molecule has 1 aliphatic rings. The maximum absolute atomic E-state index is 6.20. The molecule has 112 valence electrons. The standard InChI is InChI=1S/C17H33NO/c1-2-3-4-5-6-7-8-9-10-13-17(18)16-12-11-14-19-15-16/h15,17H,2-14,18H2,1H3. The summed E-state index contributed by atoms with van der Waals surface area (Å²) in [5.74, 6) is 0. The largest absolute Gasteiger partial charge is 0.501 e. The third kappa shape index (κ3) is 8.30. The molecule has 1 unspecified atom stereocenters. The van der Waals surface area contributed by atoms with Crippen molar-refractivity contribution in [3.05, 3.63) is 11.8 Å². The highest BCUT2D eigenvalue weighted by atomic mass is 16.5. The Morgan fingerprint density at radius 1 is 1.05 bits per heavy atom. The first-order valence-corrected chi connectivity index (χ1v) is 8.40. The highest BCUT2D eigenvalue weighted by Gasteiger charge is 2.12. The van der Waals surface area contributed by atoms with Gasteiger partial charge in [0.15, 0.2) is 0 Å². The van der Waals surface area contributed by atoms with Gasteiger partial charge >= 0.3 is 0 Å². The van der Waals surface area contributed by atoms with E-state index in [9.17, 15) is 0 Å². The summed E-state index contributed by atoms with van der Waals surface area (Å²) in [5.41, 5.74) is 7.52. The quantitative estimate of drug-likeness (QED) is 0.539. The van der Waals surface area contributed by atoms with E-state index in [1.807, 2.05) is 6.26 Å². The van der Waals surface area contributed by atoms with Gasteiger partial charge in [0.1, 0.15) is 0 Å². The number of ether oxygens (including phenoxy) is 1. The molecule has 1 aliphatic heterocycles. The monoisotopic (exact) mass is 267 g/mol. The summed E-state index contributed by atoms with van der Waals surface area (Å²) in [5, 5.41) is 0. The molecule has 2 N–H and O–H groups in total. The first-order valence-electron chi connectivity index (χ1n) is 8.40. The molecular formula is C17H33NO. The minimum Gasteiger partial charge on any atom is -0.501 e. The van der Waals surface area contributed by atoms with Crippen LogP contribution in [0.4, 0.5) is 0 Å². The van der Waals surface area contributed by atoms with Gasteiger partial charge in [-0.1, -0.05) is 64.7 Å². The fourth-order valence-corrected chi connectivity index (χ4v) is 2.72. The molecule has 1 heterocycles. The van der Waals surface area contributed by atoms with Gasteiger partial charge in [0.25, 0.3) is 0 Å². The Bertz CT molecular complexity index is 237. The molecule has 0 spiro atoms. The molecule has 0 aromatic heterocycles. The Labute approximate surface area is 119 Å². The summed E-state index contributed by atoms with van der Waals surface area (Å²) in [6, 6.07) is 0.241. The van der Waals surface area contributed by atoms with E-state index in [0.717, 1.165) is 25.9 Å². The zero-order valence-corrected chi connectivity index (χ0v) is 12.8. The van der Waals surface area contributed by atoms with Crippen molar-refractivity contribution in [1.29, 1.82) is 0 Å². The molecule has 1 rings (SSSR count). The molecule has 0 saturated heterocycles. The molecule has 0 amide bonds. The van der Waals surface area contributed by atoms with Crippen LogP contribution in [0.1, 0.15) is 84.0 Å². The normalized spacial score (nSPS) is 16.8. The molecule has 0 radical (unpaired) electrons. The minimum atomic E-state index is 0.241. The van der Waals surface area contributed by atoms with Gasteiger partial charge in [-0.05, 0) is 24.8 Å². The Morgan fingerprint density at radius 3 is 2.26 bits per heavy atom. The zero-order valence-electron chi connectivity index (χ0n) is 12.8. The van der Waals surface area contributed by atoms with Crippen molar-refractivity contribution >= 4 is 0 Å². The summed E-state index contributed by atoms with van der Waals surface area (Å²) < 4.78 is 5.35. The van der Waals surface area contributed by atoms with E-state index in [-0.39, 0.29) is 6.04 Å². The van der Waals surface area contributed by atoms with E-state index in [1.165, 1.54) is 63.4 Å². The minimum absolute atomic E-state index is 0.241. The van der Waals surface area contributed by atoms with Crippen molar-refractivity contribution in [1.82, 2.24) is 0 Å². The molecule has 0 aromatic carbocycles. The Kier molecular flexibility index (Phi) is 9.88. The van der Waals surface area contributed by atoms with Crippen LogP contribution in [0, 0.1) is 0 Å². The van der Waals surface area contributed by atoms with Crippen molar-refractivity contribution in [2.24, 2.45) is 5.73 Å². The third-order valence-electron chi connectivity index (χ3n) is 4.06. The summed E-state index contributed by atoms with van der Waals surface area (Å²) in [6.07, 6.45) is 17.7. The van der Waals surface area contributed by atoms with Crippen LogP contribution in [0.25, 0.3) is 0 Å². The van der Waals surface area contributed by atoms with Gasteiger partial charge in [0, 0.05) is 6.04 Å². The second-order valence-corrected chi connectivity index (χ2v) is 5.89. The highest BCUT2D eigenvalue weighted by Crippen LogP contribution is 2.18. The fraction of sp³-hybridized carbons (Fsp3) is 0.882. The van der Waals surface area contributed by atoms with Crippen molar-refractivity contribution < 1.29 is 4.74 Å². The fourth-order valence-electron chi connectivity index (χ4n) is 2.72. The lowest BCUT2D eigenvalue weighted by molar-refractivity contribution is 0.220. The Hall–Kier alpha value is -0.500. The SMILES string of the molecule is CCCCCCCCCCCC(N)C1=COCCC1. The first-order chi connectivity index (χ1) is 9.34. The molecular weight excluding hydrogens is 234 g/mol. The molecule has 0 aromatic rings. The molecule has 0 bridgehead atoms. The van der Waals surface area contributed by atoms with E-state index in [0.29, 0.717) is 0 Å². The molecule has 0 aliphatic carbocycles. The smallest absolute Gasteiger partial charge is 0.0876 e. The summed E-state index contributed by atoms with van der Waals surface area (Å²) >= 11 is 0. The van der Waals surface area contributed by atoms with Crippen molar-refractivity contribution in [2.45, 2.75) is 90.0 Å². The third-order valence-corrected chi connectivity index (χ3v) is 4.06. The van der Waals surface area contributed by atoms with Gasteiger partial charge in [-0.25, -0.2) is 0 Å². The Morgan fingerprint density at radius 2 is 1.68 bits per heavy atom. The van der Waals surface area contributed by atoms with Gasteiger partial charge in [0.2, 0.25) is 0 Å². The van der Waals surface area contributed by atoms with Crippen LogP contribution in [-0.2, 0) is 4.74 Å². The van der Waals surface area contributed by atoms with Gasteiger partial charge in [-0.15, -0.1) is 0 Å². The van der Waals surface area contributed by atoms with Crippen molar-refractivity contribution in [3.8, 4) is 0 Å². The maximum Gasteiger partial charge on any atom is 0.0876 e. The van der Waals surface area contributed by atoms with Crippen LogP contribution in [0.15, 0.2) is 11.8 Å².